The van der Waals surface area contributed by atoms with E-state index in [1.54, 1.807) is 6.08 Å². The van der Waals surface area contributed by atoms with Gasteiger partial charge in [-0.15, -0.1) is 0 Å². The molecule has 0 amide bonds. The van der Waals surface area contributed by atoms with E-state index >= 15 is 0 Å². The monoisotopic (exact) mass is 274 g/mol. The first kappa shape index (κ1) is 13.6. The van der Waals surface area contributed by atoms with Crippen LogP contribution < -0.4 is 0 Å². The summed E-state index contributed by atoms with van der Waals surface area (Å²) >= 11 is 0. The normalized spacial score (nSPS) is 38.0. The second-order valence-corrected chi connectivity index (χ2v) is 7.15. The Labute approximate surface area is 120 Å². The standard InChI is InChI=1S/C17H22O3/c1-16(2)8-6-11-4-5-12-14(18)7-9-17(12,13(11)10-16)15(19)20-3/h4,7,9,12-13H,5-6,8,10H2,1-3H3/t12-,13-,17-/m1/s1. The molecule has 0 spiro atoms. The van der Waals surface area contributed by atoms with Crippen LogP contribution in [0, 0.1) is 22.7 Å². The van der Waals surface area contributed by atoms with E-state index in [1.165, 1.54) is 12.7 Å². The molecule has 0 aliphatic heterocycles. The van der Waals surface area contributed by atoms with Gasteiger partial charge >= 0.3 is 5.97 Å². The van der Waals surface area contributed by atoms with Crippen LogP contribution in [0.5, 0.6) is 0 Å². The molecule has 3 aliphatic carbocycles. The molecule has 0 aromatic heterocycles. The van der Waals surface area contributed by atoms with E-state index in [9.17, 15) is 9.59 Å². The van der Waals surface area contributed by atoms with Gasteiger partial charge in [0.15, 0.2) is 5.78 Å². The third-order valence-electron chi connectivity index (χ3n) is 5.47. The predicted octanol–water partition coefficient (Wildman–Crippen LogP) is 3.06. The smallest absolute Gasteiger partial charge is 0.317 e. The van der Waals surface area contributed by atoms with Crippen molar-refractivity contribution in [3.8, 4) is 0 Å². The molecule has 1 saturated carbocycles. The van der Waals surface area contributed by atoms with Crippen molar-refractivity contribution in [2.24, 2.45) is 22.7 Å². The summed E-state index contributed by atoms with van der Waals surface area (Å²) in [6.07, 6.45) is 9.44. The van der Waals surface area contributed by atoms with Crippen molar-refractivity contribution in [3.63, 3.8) is 0 Å². The van der Waals surface area contributed by atoms with Crippen LogP contribution >= 0.6 is 0 Å². The lowest BCUT2D eigenvalue weighted by molar-refractivity contribution is -0.158. The average Bonchev–Trinajstić information content (AvgIpc) is 2.76. The molecule has 1 fully saturated rings. The number of hydrogen-bond donors (Lipinski definition) is 0. The first-order valence-corrected chi connectivity index (χ1v) is 7.41. The minimum atomic E-state index is -0.742. The number of hydrogen-bond acceptors (Lipinski definition) is 3. The topological polar surface area (TPSA) is 43.4 Å². The van der Waals surface area contributed by atoms with Crippen LogP contribution in [0.15, 0.2) is 23.8 Å². The van der Waals surface area contributed by atoms with Crippen molar-refractivity contribution in [1.82, 2.24) is 0 Å². The third-order valence-corrected chi connectivity index (χ3v) is 5.47. The molecule has 0 aromatic carbocycles. The molecule has 3 heteroatoms. The van der Waals surface area contributed by atoms with E-state index in [0.29, 0.717) is 6.42 Å². The Morgan fingerprint density at radius 3 is 2.80 bits per heavy atom. The Bertz CT molecular complexity index is 526. The van der Waals surface area contributed by atoms with Crippen LogP contribution in [0.3, 0.4) is 0 Å². The average molecular weight is 274 g/mol. The van der Waals surface area contributed by atoms with Crippen LogP contribution in [-0.4, -0.2) is 18.9 Å². The fourth-order valence-corrected chi connectivity index (χ4v) is 4.32. The summed E-state index contributed by atoms with van der Waals surface area (Å²) in [5.41, 5.74) is 0.822. The van der Waals surface area contributed by atoms with Crippen molar-refractivity contribution < 1.29 is 14.3 Å². The Kier molecular flexibility index (Phi) is 2.93. The number of carbonyl (C=O) groups is 2. The lowest BCUT2D eigenvalue weighted by Gasteiger charge is -2.48. The van der Waals surface area contributed by atoms with Gasteiger partial charge in [0.2, 0.25) is 0 Å². The second kappa shape index (κ2) is 4.31. The number of ketones is 1. The van der Waals surface area contributed by atoms with Crippen LogP contribution in [0.2, 0.25) is 0 Å². The van der Waals surface area contributed by atoms with Gasteiger partial charge in [-0.05, 0) is 37.2 Å². The minimum absolute atomic E-state index is 0.0779. The van der Waals surface area contributed by atoms with E-state index in [0.717, 1.165) is 19.3 Å². The second-order valence-electron chi connectivity index (χ2n) is 7.15. The Morgan fingerprint density at radius 2 is 2.10 bits per heavy atom. The molecule has 0 unspecified atom stereocenters. The van der Waals surface area contributed by atoms with Crippen molar-refractivity contribution >= 4 is 11.8 Å². The maximum Gasteiger partial charge on any atom is 0.317 e. The van der Waals surface area contributed by atoms with Crippen LogP contribution in [-0.2, 0) is 14.3 Å². The van der Waals surface area contributed by atoms with E-state index in [1.807, 2.05) is 6.08 Å². The Hall–Kier alpha value is -1.38. The predicted molar refractivity (Wildman–Crippen MR) is 75.9 cm³/mol. The number of carbonyl (C=O) groups excluding carboxylic acids is 2. The Morgan fingerprint density at radius 1 is 1.35 bits per heavy atom. The number of allylic oxidation sites excluding steroid dienone is 3. The molecule has 0 heterocycles. The highest BCUT2D eigenvalue weighted by Gasteiger charge is 2.59. The Balaban J connectivity index is 2.09. The fraction of sp³-hybridized carbons (Fsp3) is 0.647. The fourth-order valence-electron chi connectivity index (χ4n) is 4.32. The SMILES string of the molecule is COC(=O)[C@]12C=CC(=O)[C@H]1CC=C1CCC(C)(C)C[C@H]12. The van der Waals surface area contributed by atoms with Crippen molar-refractivity contribution in [1.29, 1.82) is 0 Å². The first-order chi connectivity index (χ1) is 9.40. The van der Waals surface area contributed by atoms with Gasteiger partial charge < -0.3 is 4.74 Å². The van der Waals surface area contributed by atoms with Crippen molar-refractivity contribution in [2.45, 2.75) is 39.5 Å². The maximum absolute atomic E-state index is 12.5. The molecule has 20 heavy (non-hydrogen) atoms. The van der Waals surface area contributed by atoms with Crippen LogP contribution in [0.4, 0.5) is 0 Å². The third kappa shape index (κ3) is 1.72. The van der Waals surface area contributed by atoms with E-state index in [-0.39, 0.29) is 29.0 Å². The van der Waals surface area contributed by atoms with E-state index < -0.39 is 5.41 Å². The van der Waals surface area contributed by atoms with Crippen LogP contribution in [0.25, 0.3) is 0 Å². The first-order valence-electron chi connectivity index (χ1n) is 7.41. The molecule has 0 saturated heterocycles. The van der Waals surface area contributed by atoms with Gasteiger partial charge in [0.1, 0.15) is 5.41 Å². The zero-order chi connectivity index (χ0) is 14.5. The summed E-state index contributed by atoms with van der Waals surface area (Å²) in [7, 11) is 1.43. The van der Waals surface area contributed by atoms with Crippen molar-refractivity contribution in [3.05, 3.63) is 23.8 Å². The maximum atomic E-state index is 12.5. The molecule has 3 atom stereocenters. The molecule has 3 aliphatic rings. The molecule has 0 aromatic rings. The van der Waals surface area contributed by atoms with Gasteiger partial charge in [-0.2, -0.15) is 0 Å². The molecular formula is C17H22O3. The zero-order valence-corrected chi connectivity index (χ0v) is 12.4. The lowest BCUT2D eigenvalue weighted by atomic mass is 9.54. The van der Waals surface area contributed by atoms with Gasteiger partial charge in [0.25, 0.3) is 0 Å². The van der Waals surface area contributed by atoms with Crippen molar-refractivity contribution in [2.75, 3.05) is 7.11 Å². The number of rotatable bonds is 1. The van der Waals surface area contributed by atoms with Gasteiger partial charge in [-0.25, -0.2) is 0 Å². The molecule has 108 valence electrons. The molecule has 3 nitrogen and oxygen atoms in total. The molecule has 0 radical (unpaired) electrons. The highest BCUT2D eigenvalue weighted by atomic mass is 16.5. The number of fused-ring (bicyclic) bond motifs is 3. The summed E-state index contributed by atoms with van der Waals surface area (Å²) in [6, 6.07) is 0. The summed E-state index contributed by atoms with van der Waals surface area (Å²) in [4.78, 5) is 24.7. The summed E-state index contributed by atoms with van der Waals surface area (Å²) in [6.45, 7) is 4.50. The van der Waals surface area contributed by atoms with Gasteiger partial charge in [0, 0.05) is 11.8 Å². The van der Waals surface area contributed by atoms with Crippen LogP contribution in [0.1, 0.15) is 39.5 Å². The highest BCUT2D eigenvalue weighted by Crippen LogP contribution is 2.58. The quantitative estimate of drug-likeness (QED) is 0.545. The van der Waals surface area contributed by atoms with E-state index in [4.69, 9.17) is 4.74 Å². The summed E-state index contributed by atoms with van der Waals surface area (Å²) in [5, 5.41) is 0. The molecule has 0 N–H and O–H groups in total. The molecule has 0 bridgehead atoms. The lowest BCUT2D eigenvalue weighted by Crippen LogP contribution is -2.49. The largest absolute Gasteiger partial charge is 0.468 e. The number of ether oxygens (including phenoxy) is 1. The van der Waals surface area contributed by atoms with Gasteiger partial charge in [0.05, 0.1) is 7.11 Å². The van der Waals surface area contributed by atoms with E-state index in [2.05, 4.69) is 19.9 Å². The van der Waals surface area contributed by atoms with Gasteiger partial charge in [-0.1, -0.05) is 31.6 Å². The summed E-state index contributed by atoms with van der Waals surface area (Å²) in [5.74, 6) is -0.287. The molecular weight excluding hydrogens is 252 g/mol. The number of esters is 1. The molecule has 3 rings (SSSR count). The summed E-state index contributed by atoms with van der Waals surface area (Å²) < 4.78 is 5.09. The number of methoxy groups -OCH3 is 1. The minimum Gasteiger partial charge on any atom is -0.468 e. The zero-order valence-electron chi connectivity index (χ0n) is 12.4. The highest BCUT2D eigenvalue weighted by molar-refractivity contribution is 6.02. The van der Waals surface area contributed by atoms with Gasteiger partial charge in [-0.3, -0.25) is 9.59 Å².